The van der Waals surface area contributed by atoms with Crippen molar-refractivity contribution in [1.29, 1.82) is 0 Å². The molecular formula is C19H18N2O2S. The molecule has 3 rings (SSSR count). The van der Waals surface area contributed by atoms with Crippen LogP contribution in [0.1, 0.15) is 12.5 Å². The van der Waals surface area contributed by atoms with Crippen molar-refractivity contribution in [3.8, 4) is 17.0 Å². The van der Waals surface area contributed by atoms with Gasteiger partial charge >= 0.3 is 0 Å². The molecule has 1 N–H and O–H groups in total. The van der Waals surface area contributed by atoms with E-state index in [-0.39, 0.29) is 5.91 Å². The fourth-order valence-corrected chi connectivity index (χ4v) is 2.96. The molecule has 2 heterocycles. The van der Waals surface area contributed by atoms with E-state index in [1.165, 1.54) is 0 Å². The number of carbonyl (C=O) groups is 1. The van der Waals surface area contributed by atoms with Crippen LogP contribution in [0.2, 0.25) is 0 Å². The smallest absolute Gasteiger partial charge is 0.261 e. The van der Waals surface area contributed by atoms with E-state index in [9.17, 15) is 4.79 Å². The summed E-state index contributed by atoms with van der Waals surface area (Å²) in [4.78, 5) is 16.7. The highest BCUT2D eigenvalue weighted by atomic mass is 32.1. The molecule has 0 aliphatic rings. The fourth-order valence-electron chi connectivity index (χ4n) is 2.32. The Labute approximate surface area is 145 Å². The number of carbonyl (C=O) groups excluding carboxylic acids is 1. The molecule has 2 aromatic heterocycles. The topological polar surface area (TPSA) is 51.2 Å². The van der Waals surface area contributed by atoms with E-state index >= 15 is 0 Å². The van der Waals surface area contributed by atoms with Crippen LogP contribution in [0.3, 0.4) is 0 Å². The second-order valence-electron chi connectivity index (χ2n) is 5.31. The molecule has 1 aromatic carbocycles. The highest BCUT2D eigenvalue weighted by Crippen LogP contribution is 2.23. The first kappa shape index (κ1) is 16.2. The van der Waals surface area contributed by atoms with Crippen LogP contribution in [0.25, 0.3) is 11.3 Å². The second kappa shape index (κ2) is 7.75. The van der Waals surface area contributed by atoms with E-state index in [2.05, 4.69) is 15.7 Å². The second-order valence-corrected chi connectivity index (χ2v) is 6.09. The zero-order valence-corrected chi connectivity index (χ0v) is 14.1. The average Bonchev–Trinajstić information content (AvgIpc) is 3.15. The van der Waals surface area contributed by atoms with Crippen LogP contribution >= 0.6 is 11.3 Å². The normalized spacial score (nSPS) is 11.7. The lowest BCUT2D eigenvalue weighted by atomic mass is 10.1. The van der Waals surface area contributed by atoms with Crippen LogP contribution in [0.15, 0.2) is 65.5 Å². The molecule has 3 aromatic rings. The van der Waals surface area contributed by atoms with Gasteiger partial charge in [-0.15, -0.1) is 0 Å². The zero-order chi connectivity index (χ0) is 16.8. The molecule has 1 amide bonds. The van der Waals surface area contributed by atoms with Gasteiger partial charge in [0.2, 0.25) is 0 Å². The van der Waals surface area contributed by atoms with Crippen molar-refractivity contribution in [2.24, 2.45) is 0 Å². The number of rotatable bonds is 6. The van der Waals surface area contributed by atoms with Crippen molar-refractivity contribution in [3.05, 3.63) is 71.1 Å². The molecule has 0 radical (unpaired) electrons. The number of nitrogens with zero attached hydrogens (tertiary/aromatic N) is 1. The Morgan fingerprint density at radius 1 is 1.21 bits per heavy atom. The van der Waals surface area contributed by atoms with Gasteiger partial charge in [0, 0.05) is 23.7 Å². The monoisotopic (exact) mass is 338 g/mol. The van der Waals surface area contributed by atoms with Crippen molar-refractivity contribution >= 4 is 17.2 Å². The van der Waals surface area contributed by atoms with Crippen LogP contribution < -0.4 is 10.1 Å². The van der Waals surface area contributed by atoms with E-state index in [0.717, 1.165) is 16.8 Å². The molecule has 0 aliphatic heterocycles. The molecule has 0 aliphatic carbocycles. The van der Waals surface area contributed by atoms with Crippen molar-refractivity contribution in [3.63, 3.8) is 0 Å². The standard InChI is InChI=1S/C19H18N2O2S/c1-14(23-17-7-3-2-4-8-17)19(22)21-12-15-6-5-10-20-18(15)16-9-11-24-13-16/h2-11,13-14H,12H2,1H3,(H,21,22). The molecule has 122 valence electrons. The summed E-state index contributed by atoms with van der Waals surface area (Å²) in [7, 11) is 0. The first-order valence-electron chi connectivity index (χ1n) is 7.70. The summed E-state index contributed by atoms with van der Waals surface area (Å²) in [5.41, 5.74) is 2.95. The van der Waals surface area contributed by atoms with Crippen molar-refractivity contribution < 1.29 is 9.53 Å². The molecule has 5 heteroatoms. The third-order valence-corrected chi connectivity index (χ3v) is 4.25. The molecule has 0 bridgehead atoms. The van der Waals surface area contributed by atoms with Crippen LogP contribution in [0.5, 0.6) is 5.75 Å². The molecule has 24 heavy (non-hydrogen) atoms. The predicted octanol–water partition coefficient (Wildman–Crippen LogP) is 3.89. The number of ether oxygens (including phenoxy) is 1. The Morgan fingerprint density at radius 2 is 2.04 bits per heavy atom. The van der Waals surface area contributed by atoms with Gasteiger partial charge in [-0.25, -0.2) is 0 Å². The van der Waals surface area contributed by atoms with E-state index in [1.807, 2.05) is 53.9 Å². The number of aromatic nitrogens is 1. The number of amides is 1. The zero-order valence-electron chi connectivity index (χ0n) is 13.3. The lowest BCUT2D eigenvalue weighted by Crippen LogP contribution is -2.36. The molecule has 4 nitrogen and oxygen atoms in total. The van der Waals surface area contributed by atoms with Crippen molar-refractivity contribution in [1.82, 2.24) is 10.3 Å². The van der Waals surface area contributed by atoms with Gasteiger partial charge in [-0.3, -0.25) is 9.78 Å². The number of nitrogens with one attached hydrogen (secondary N) is 1. The number of thiophene rings is 1. The average molecular weight is 338 g/mol. The largest absolute Gasteiger partial charge is 0.481 e. The molecule has 0 spiro atoms. The Balaban J connectivity index is 1.63. The van der Waals surface area contributed by atoms with Crippen LogP contribution in [0, 0.1) is 0 Å². The van der Waals surface area contributed by atoms with Crippen molar-refractivity contribution in [2.45, 2.75) is 19.6 Å². The maximum atomic E-state index is 12.3. The number of pyridine rings is 1. The third-order valence-electron chi connectivity index (χ3n) is 3.56. The number of para-hydroxylation sites is 1. The van der Waals surface area contributed by atoms with Gasteiger partial charge in [0.15, 0.2) is 6.10 Å². The maximum Gasteiger partial charge on any atom is 0.261 e. The van der Waals surface area contributed by atoms with E-state index < -0.39 is 6.10 Å². The molecule has 0 saturated carbocycles. The minimum absolute atomic E-state index is 0.154. The van der Waals surface area contributed by atoms with Gasteiger partial charge in [-0.2, -0.15) is 11.3 Å². The van der Waals surface area contributed by atoms with E-state index in [0.29, 0.717) is 12.3 Å². The Morgan fingerprint density at radius 3 is 2.79 bits per heavy atom. The number of hydrogen-bond donors (Lipinski definition) is 1. The fraction of sp³-hybridized carbons (Fsp3) is 0.158. The summed E-state index contributed by atoms with van der Waals surface area (Å²) in [6.45, 7) is 2.16. The minimum atomic E-state index is -0.561. The third kappa shape index (κ3) is 4.00. The summed E-state index contributed by atoms with van der Waals surface area (Å²) in [5.74, 6) is 0.527. The first-order valence-corrected chi connectivity index (χ1v) is 8.64. The lowest BCUT2D eigenvalue weighted by molar-refractivity contribution is -0.127. The quantitative estimate of drug-likeness (QED) is 0.742. The summed E-state index contributed by atoms with van der Waals surface area (Å²) in [6.07, 6.45) is 1.20. The van der Waals surface area contributed by atoms with Gasteiger partial charge in [0.25, 0.3) is 5.91 Å². The van der Waals surface area contributed by atoms with Gasteiger partial charge in [0.05, 0.1) is 5.69 Å². The first-order chi connectivity index (χ1) is 11.7. The van der Waals surface area contributed by atoms with Gasteiger partial charge in [-0.1, -0.05) is 24.3 Å². The van der Waals surface area contributed by atoms with Gasteiger partial charge in [-0.05, 0) is 42.1 Å². The molecule has 0 fully saturated rings. The summed E-state index contributed by atoms with van der Waals surface area (Å²) in [6, 6.07) is 15.2. The SMILES string of the molecule is CC(Oc1ccccc1)C(=O)NCc1cccnc1-c1ccsc1. The highest BCUT2D eigenvalue weighted by Gasteiger charge is 2.15. The van der Waals surface area contributed by atoms with E-state index in [1.54, 1.807) is 24.5 Å². The van der Waals surface area contributed by atoms with Gasteiger partial charge < -0.3 is 10.1 Å². The highest BCUT2D eigenvalue weighted by molar-refractivity contribution is 7.08. The van der Waals surface area contributed by atoms with E-state index in [4.69, 9.17) is 4.74 Å². The Bertz CT molecular complexity index is 788. The molecular weight excluding hydrogens is 320 g/mol. The summed E-state index contributed by atoms with van der Waals surface area (Å²) in [5, 5.41) is 6.99. The molecule has 1 unspecified atom stereocenters. The predicted molar refractivity (Wildman–Crippen MR) is 95.9 cm³/mol. The minimum Gasteiger partial charge on any atom is -0.481 e. The Hall–Kier alpha value is -2.66. The molecule has 1 atom stereocenters. The number of hydrogen-bond acceptors (Lipinski definition) is 4. The maximum absolute atomic E-state index is 12.3. The summed E-state index contributed by atoms with van der Waals surface area (Å²) < 4.78 is 5.64. The molecule has 0 saturated heterocycles. The summed E-state index contributed by atoms with van der Waals surface area (Å²) >= 11 is 1.63. The van der Waals surface area contributed by atoms with Gasteiger partial charge in [0.1, 0.15) is 5.75 Å². The van der Waals surface area contributed by atoms with Crippen molar-refractivity contribution in [2.75, 3.05) is 0 Å². The van der Waals surface area contributed by atoms with Crippen LogP contribution in [-0.2, 0) is 11.3 Å². The van der Waals surface area contributed by atoms with Crippen LogP contribution in [0.4, 0.5) is 0 Å². The number of benzene rings is 1. The Kier molecular flexibility index (Phi) is 5.23. The lowest BCUT2D eigenvalue weighted by Gasteiger charge is -2.15. The van der Waals surface area contributed by atoms with Crippen LogP contribution in [-0.4, -0.2) is 17.0 Å².